The predicted molar refractivity (Wildman–Crippen MR) is 126 cm³/mol. The molecular weight excluding hydrogens is 553 g/mol. The molecule has 28 heavy (non-hydrogen) atoms. The molecule has 0 aliphatic carbocycles. The number of fused-ring (bicyclic) bond motifs is 2. The van der Waals surface area contributed by atoms with Gasteiger partial charge >= 0.3 is 0 Å². The summed E-state index contributed by atoms with van der Waals surface area (Å²) in [4.78, 5) is 9.15. The summed E-state index contributed by atoms with van der Waals surface area (Å²) in [6.45, 7) is 0. The second-order valence-electron chi connectivity index (χ2n) is 5.55. The third-order valence-electron chi connectivity index (χ3n) is 4.03. The van der Waals surface area contributed by atoms with E-state index >= 15 is 0 Å². The van der Waals surface area contributed by atoms with Crippen LogP contribution in [0.3, 0.4) is 0 Å². The third kappa shape index (κ3) is 3.56. The van der Waals surface area contributed by atoms with Crippen LogP contribution in [0.1, 0.15) is 0 Å². The lowest BCUT2D eigenvalue weighted by atomic mass is 10.2. The van der Waals surface area contributed by atoms with Crippen molar-refractivity contribution in [2.24, 2.45) is 0 Å². The average Bonchev–Trinajstić information content (AvgIpc) is 3.12. The molecule has 2 aromatic carbocycles. The maximum Gasteiger partial charge on any atom is 0.189 e. The first-order chi connectivity index (χ1) is 13.6. The zero-order chi connectivity index (χ0) is 19.8. The van der Waals surface area contributed by atoms with E-state index in [1.54, 1.807) is 16.7 Å². The van der Waals surface area contributed by atoms with Crippen LogP contribution in [-0.2, 0) is 0 Å². The van der Waals surface area contributed by atoms with Gasteiger partial charge in [0.25, 0.3) is 0 Å². The van der Waals surface area contributed by atoms with E-state index in [1.165, 1.54) is 29.6 Å². The molecule has 4 rings (SSSR count). The Morgan fingerprint density at radius 1 is 1.21 bits per heavy atom. The summed E-state index contributed by atoms with van der Waals surface area (Å²) >= 11 is 11.4. The van der Waals surface area contributed by atoms with Gasteiger partial charge < -0.3 is 4.74 Å². The fraction of sp³-hybridized carbons (Fsp3) is 0.118. The quantitative estimate of drug-likeness (QED) is 0.0874. The van der Waals surface area contributed by atoms with E-state index < -0.39 is 5.82 Å². The van der Waals surface area contributed by atoms with Crippen molar-refractivity contribution < 1.29 is 9.13 Å². The third-order valence-corrected chi connectivity index (χ3v) is 7.51. The van der Waals surface area contributed by atoms with Crippen molar-refractivity contribution in [2.75, 3.05) is 12.5 Å². The Kier molecular flexibility index (Phi) is 6.17. The lowest BCUT2D eigenvalue weighted by molar-refractivity contribution is 0.487. The molecule has 0 aliphatic rings. The van der Waals surface area contributed by atoms with Crippen molar-refractivity contribution in [3.8, 4) is 11.5 Å². The minimum absolute atomic E-state index is 0.0786. The van der Waals surface area contributed by atoms with E-state index in [0.717, 1.165) is 10.4 Å². The molecule has 0 saturated heterocycles. The molecule has 0 aliphatic heterocycles. The topological polar surface area (TPSA) is 52.8 Å². The summed E-state index contributed by atoms with van der Waals surface area (Å²) in [7, 11) is 0. The number of thioether (sulfide) groups is 2. The highest BCUT2D eigenvalue weighted by molar-refractivity contribution is 14.2. The van der Waals surface area contributed by atoms with Crippen molar-refractivity contribution >= 4 is 85.3 Å². The maximum atomic E-state index is 14.5. The van der Waals surface area contributed by atoms with Gasteiger partial charge in [-0.3, -0.25) is 0 Å². The normalized spacial score (nSPS) is 11.9. The molecule has 0 spiro atoms. The van der Waals surface area contributed by atoms with Gasteiger partial charge in [-0.25, -0.2) is 18.8 Å². The van der Waals surface area contributed by atoms with Crippen LogP contribution in [-0.4, -0.2) is 32.0 Å². The van der Waals surface area contributed by atoms with Crippen LogP contribution in [0.2, 0.25) is 5.02 Å². The number of rotatable bonds is 5. The highest BCUT2D eigenvalue weighted by Crippen LogP contribution is 2.42. The van der Waals surface area contributed by atoms with Crippen LogP contribution in [0, 0.1) is 5.82 Å². The fourth-order valence-corrected chi connectivity index (χ4v) is 5.48. The van der Waals surface area contributed by atoms with E-state index in [9.17, 15) is 4.39 Å². The number of benzene rings is 2. The summed E-state index contributed by atoms with van der Waals surface area (Å²) < 4.78 is 22.3. The van der Waals surface area contributed by atoms with Gasteiger partial charge in [-0.2, -0.15) is 5.10 Å². The summed E-state index contributed by atoms with van der Waals surface area (Å²) in [5, 5.41) is 7.24. The number of para-hydroxylation sites is 1. The largest absolute Gasteiger partial charge is 0.453 e. The second-order valence-corrected chi connectivity index (χ2v) is 9.54. The van der Waals surface area contributed by atoms with Crippen molar-refractivity contribution in [3.63, 3.8) is 0 Å². The molecular formula is C17H12ClFIN4OPS2. The van der Waals surface area contributed by atoms with Crippen LogP contribution in [0.5, 0.6) is 11.5 Å². The average molecular weight is 565 g/mol. The number of halogens is 3. The molecule has 4 aromatic rings. The molecule has 0 fully saturated rings. The van der Waals surface area contributed by atoms with Crippen molar-refractivity contribution in [2.45, 2.75) is 10.2 Å². The molecule has 11 heteroatoms. The minimum atomic E-state index is -0.551. The van der Waals surface area contributed by atoms with Crippen LogP contribution in [0.15, 0.2) is 40.6 Å². The Hall–Kier alpha value is -0.870. The van der Waals surface area contributed by atoms with Gasteiger partial charge in [0, 0.05) is 11.5 Å². The Labute approximate surface area is 188 Å². The lowest BCUT2D eigenvalue weighted by Gasteiger charge is -2.13. The first-order valence-corrected chi connectivity index (χ1v) is 14.7. The van der Waals surface area contributed by atoms with E-state index in [4.69, 9.17) is 16.3 Å². The number of hydrogen-bond donors (Lipinski definition) is 0. The standard InChI is InChI=1S/C17H12ClFIN4OPS2/c1-27-16-8-4-3-5-12(14(8)22-17(23-16)28-2)25-15-9-7-21-24(26-20)11(9)6-10(19)13(15)18/h3-7,26H,1-2H3. The Bertz CT molecular complexity index is 1210. The minimum Gasteiger partial charge on any atom is -0.453 e. The van der Waals surface area contributed by atoms with Gasteiger partial charge in [0.15, 0.2) is 16.7 Å². The van der Waals surface area contributed by atoms with E-state index in [-0.39, 0.29) is 10.8 Å². The molecule has 144 valence electrons. The molecule has 0 N–H and O–H groups in total. The van der Waals surface area contributed by atoms with Crippen molar-refractivity contribution in [1.82, 2.24) is 19.5 Å². The fourth-order valence-electron chi connectivity index (χ4n) is 2.77. The second kappa shape index (κ2) is 8.47. The molecule has 0 amide bonds. The molecule has 1 atom stereocenters. The van der Waals surface area contributed by atoms with E-state index in [0.29, 0.717) is 33.7 Å². The van der Waals surface area contributed by atoms with Gasteiger partial charge in [0.2, 0.25) is 0 Å². The number of hydrogen-bond acceptors (Lipinski definition) is 6. The predicted octanol–water partition coefficient (Wildman–Crippen LogP) is 6.80. The maximum absolute atomic E-state index is 14.5. The Balaban J connectivity index is 1.94. The van der Waals surface area contributed by atoms with Crippen LogP contribution >= 0.6 is 63.5 Å². The number of nitrogens with zero attached hydrogens (tertiary/aromatic N) is 4. The summed E-state index contributed by atoms with van der Waals surface area (Å²) in [5.74, 6) is 0.175. The van der Waals surface area contributed by atoms with Crippen molar-refractivity contribution in [3.05, 3.63) is 41.3 Å². The Morgan fingerprint density at radius 2 is 2.04 bits per heavy atom. The first-order valence-electron chi connectivity index (χ1n) is 7.86. The van der Waals surface area contributed by atoms with Gasteiger partial charge in [0.1, 0.15) is 21.4 Å². The summed E-state index contributed by atoms with van der Waals surface area (Å²) in [6.07, 6.45) is 5.85. The van der Waals surface area contributed by atoms with Crippen LogP contribution in [0.25, 0.3) is 21.8 Å². The monoisotopic (exact) mass is 564 g/mol. The zero-order valence-electron chi connectivity index (χ0n) is 14.5. The summed E-state index contributed by atoms with van der Waals surface area (Å²) in [6, 6.07) is 6.98. The molecule has 0 radical (unpaired) electrons. The number of ether oxygens (including phenoxy) is 1. The molecule has 5 nitrogen and oxygen atoms in total. The van der Waals surface area contributed by atoms with Gasteiger partial charge in [-0.1, -0.05) is 29.4 Å². The molecule has 0 saturated carbocycles. The Morgan fingerprint density at radius 3 is 2.75 bits per heavy atom. The van der Waals surface area contributed by atoms with Gasteiger partial charge in [-0.05, 0) is 46.7 Å². The molecule has 2 heterocycles. The number of aromatic nitrogens is 4. The SMILES string of the molecule is CSc1nc(SC)c2cccc(Oc3c(Cl)c(F)cc4c3cnn4PI)c2n1. The lowest BCUT2D eigenvalue weighted by Crippen LogP contribution is -1.96. The molecule has 0 bridgehead atoms. The van der Waals surface area contributed by atoms with Crippen molar-refractivity contribution in [1.29, 1.82) is 0 Å². The first kappa shape index (κ1) is 20.4. The van der Waals surface area contributed by atoms with E-state index in [2.05, 4.69) is 37.1 Å². The zero-order valence-corrected chi connectivity index (χ0v) is 20.1. The van der Waals surface area contributed by atoms with Crippen LogP contribution < -0.4 is 4.74 Å². The highest BCUT2D eigenvalue weighted by atomic mass is 127. The van der Waals surface area contributed by atoms with Gasteiger partial charge in [0.05, 0.1) is 23.5 Å². The van der Waals surface area contributed by atoms with E-state index in [1.807, 2.05) is 24.6 Å². The summed E-state index contributed by atoms with van der Waals surface area (Å²) in [5.41, 5.74) is 1.29. The molecule has 1 unspecified atom stereocenters. The smallest absolute Gasteiger partial charge is 0.189 e. The van der Waals surface area contributed by atoms with Crippen LogP contribution in [0.4, 0.5) is 4.39 Å². The molecule has 2 aromatic heterocycles. The highest BCUT2D eigenvalue weighted by Gasteiger charge is 2.19. The van der Waals surface area contributed by atoms with Gasteiger partial charge in [-0.15, -0.1) is 11.8 Å².